The predicted molar refractivity (Wildman–Crippen MR) is 84.1 cm³/mol. The Morgan fingerprint density at radius 3 is 2.55 bits per heavy atom. The van der Waals surface area contributed by atoms with Gasteiger partial charge >= 0.3 is 0 Å². The molecular weight excluding hydrogens is 270 g/mol. The Labute approximate surface area is 124 Å². The van der Waals surface area contributed by atoms with Crippen LogP contribution in [0.4, 0.5) is 5.95 Å². The summed E-state index contributed by atoms with van der Waals surface area (Å²) in [6.07, 6.45) is 4.84. The van der Waals surface area contributed by atoms with Gasteiger partial charge in [0.15, 0.2) is 0 Å². The first-order chi connectivity index (χ1) is 9.73. The molecule has 0 aromatic carbocycles. The van der Waals surface area contributed by atoms with Gasteiger partial charge in [-0.25, -0.2) is 9.97 Å². The Morgan fingerprint density at radius 1 is 1.30 bits per heavy atom. The summed E-state index contributed by atoms with van der Waals surface area (Å²) in [4.78, 5) is 13.6. The van der Waals surface area contributed by atoms with Gasteiger partial charge in [0.05, 0.1) is 0 Å². The van der Waals surface area contributed by atoms with Gasteiger partial charge in [-0.1, -0.05) is 6.92 Å². The maximum Gasteiger partial charge on any atom is 0.225 e. The van der Waals surface area contributed by atoms with E-state index < -0.39 is 0 Å². The van der Waals surface area contributed by atoms with Crippen molar-refractivity contribution in [2.45, 2.75) is 24.1 Å². The van der Waals surface area contributed by atoms with Crippen LogP contribution in [0.2, 0.25) is 0 Å². The maximum absolute atomic E-state index is 6.11. The number of anilines is 1. The molecular formula is C14H23N5S. The van der Waals surface area contributed by atoms with Crippen molar-refractivity contribution >= 4 is 17.7 Å². The molecule has 2 atom stereocenters. The van der Waals surface area contributed by atoms with E-state index in [2.05, 4.69) is 38.5 Å². The lowest BCUT2D eigenvalue weighted by atomic mass is 9.93. The largest absolute Gasteiger partial charge is 0.338 e. The summed E-state index contributed by atoms with van der Waals surface area (Å²) in [5.74, 6) is 2.02. The number of piperazine rings is 1. The second kappa shape index (κ2) is 5.87. The van der Waals surface area contributed by atoms with Crippen molar-refractivity contribution in [1.29, 1.82) is 0 Å². The second-order valence-corrected chi connectivity index (χ2v) is 7.20. The third kappa shape index (κ3) is 2.64. The van der Waals surface area contributed by atoms with Gasteiger partial charge in [0.1, 0.15) is 0 Å². The summed E-state index contributed by atoms with van der Waals surface area (Å²) >= 11 is 2.06. The van der Waals surface area contributed by atoms with E-state index in [1.54, 1.807) is 0 Å². The summed E-state index contributed by atoms with van der Waals surface area (Å²) in [5, 5.41) is 0.731. The minimum absolute atomic E-state index is 0.216. The summed E-state index contributed by atoms with van der Waals surface area (Å²) in [6.45, 7) is 7.18. The molecule has 5 nitrogen and oxygen atoms in total. The van der Waals surface area contributed by atoms with E-state index in [-0.39, 0.29) is 5.54 Å². The normalized spacial score (nSPS) is 31.7. The predicted octanol–water partition coefficient (Wildman–Crippen LogP) is 0.822. The zero-order valence-electron chi connectivity index (χ0n) is 12.0. The zero-order valence-corrected chi connectivity index (χ0v) is 12.9. The highest BCUT2D eigenvalue weighted by molar-refractivity contribution is 8.00. The molecule has 6 heteroatoms. The third-order valence-corrected chi connectivity index (χ3v) is 5.91. The van der Waals surface area contributed by atoms with E-state index in [1.807, 2.05) is 18.5 Å². The molecule has 0 saturated carbocycles. The van der Waals surface area contributed by atoms with E-state index in [1.165, 1.54) is 12.2 Å². The van der Waals surface area contributed by atoms with Gasteiger partial charge in [-0.05, 0) is 12.5 Å². The molecule has 0 amide bonds. The molecule has 3 heterocycles. The molecule has 2 saturated heterocycles. The van der Waals surface area contributed by atoms with Crippen molar-refractivity contribution in [3.05, 3.63) is 18.5 Å². The summed E-state index contributed by atoms with van der Waals surface area (Å²) in [6, 6.07) is 1.86. The summed E-state index contributed by atoms with van der Waals surface area (Å²) < 4.78 is 0. The molecule has 2 aliphatic heterocycles. The molecule has 20 heavy (non-hydrogen) atoms. The molecule has 3 rings (SSSR count). The van der Waals surface area contributed by atoms with Crippen LogP contribution in [0.5, 0.6) is 0 Å². The van der Waals surface area contributed by atoms with Gasteiger partial charge in [-0.15, -0.1) is 0 Å². The van der Waals surface area contributed by atoms with Crippen LogP contribution in [-0.2, 0) is 0 Å². The van der Waals surface area contributed by atoms with Gasteiger partial charge in [-0.2, -0.15) is 11.8 Å². The molecule has 1 aromatic rings. The lowest BCUT2D eigenvalue weighted by Gasteiger charge is -2.45. The highest BCUT2D eigenvalue weighted by atomic mass is 32.2. The summed E-state index contributed by atoms with van der Waals surface area (Å²) in [5.41, 5.74) is 6.33. The Hall–Kier alpha value is -0.850. The van der Waals surface area contributed by atoms with Crippen molar-refractivity contribution in [2.24, 2.45) is 5.73 Å². The van der Waals surface area contributed by atoms with Crippen LogP contribution < -0.4 is 10.6 Å². The first-order valence-corrected chi connectivity index (χ1v) is 8.37. The first kappa shape index (κ1) is 14.1. The molecule has 2 fully saturated rings. The quantitative estimate of drug-likeness (QED) is 0.890. The van der Waals surface area contributed by atoms with Crippen LogP contribution in [0, 0.1) is 0 Å². The van der Waals surface area contributed by atoms with Crippen LogP contribution in [0.1, 0.15) is 13.3 Å². The molecule has 110 valence electrons. The van der Waals surface area contributed by atoms with E-state index in [0.717, 1.165) is 43.9 Å². The molecule has 0 spiro atoms. The monoisotopic (exact) mass is 293 g/mol. The molecule has 0 aliphatic carbocycles. The number of hydrogen-bond acceptors (Lipinski definition) is 6. The topological polar surface area (TPSA) is 58.3 Å². The van der Waals surface area contributed by atoms with Crippen molar-refractivity contribution in [2.75, 3.05) is 43.4 Å². The average Bonchev–Trinajstić information content (AvgIpc) is 2.91. The molecule has 0 bridgehead atoms. The third-order valence-electron chi connectivity index (χ3n) is 4.47. The fraction of sp³-hybridized carbons (Fsp3) is 0.714. The van der Waals surface area contributed by atoms with E-state index >= 15 is 0 Å². The smallest absolute Gasteiger partial charge is 0.225 e. The minimum Gasteiger partial charge on any atom is -0.338 e. The number of rotatable bonds is 3. The van der Waals surface area contributed by atoms with Crippen molar-refractivity contribution in [3.63, 3.8) is 0 Å². The summed E-state index contributed by atoms with van der Waals surface area (Å²) in [7, 11) is 0. The lowest BCUT2D eigenvalue weighted by Crippen LogP contribution is -2.60. The molecule has 0 radical (unpaired) electrons. The van der Waals surface area contributed by atoms with E-state index in [9.17, 15) is 0 Å². The van der Waals surface area contributed by atoms with Gasteiger partial charge in [0.2, 0.25) is 5.95 Å². The SMILES string of the molecule is CC1CC(CN)(N2CCN(c3ncccn3)CC2)CS1. The Bertz CT molecular complexity index is 434. The molecule has 2 unspecified atom stereocenters. The zero-order chi connectivity index (χ0) is 14.0. The van der Waals surface area contributed by atoms with Crippen molar-refractivity contribution < 1.29 is 0 Å². The first-order valence-electron chi connectivity index (χ1n) is 7.32. The van der Waals surface area contributed by atoms with Gasteiger partial charge in [-0.3, -0.25) is 4.90 Å². The maximum atomic E-state index is 6.11. The van der Waals surface area contributed by atoms with Crippen LogP contribution in [0.3, 0.4) is 0 Å². The van der Waals surface area contributed by atoms with Crippen LogP contribution >= 0.6 is 11.8 Å². The number of aromatic nitrogens is 2. The number of nitrogens with two attached hydrogens (primary N) is 1. The number of nitrogens with zero attached hydrogens (tertiary/aromatic N) is 4. The van der Waals surface area contributed by atoms with Gasteiger partial charge in [0.25, 0.3) is 0 Å². The Morgan fingerprint density at radius 2 is 2.00 bits per heavy atom. The average molecular weight is 293 g/mol. The van der Waals surface area contributed by atoms with Gasteiger partial charge < -0.3 is 10.6 Å². The fourth-order valence-electron chi connectivity index (χ4n) is 3.28. The Balaban J connectivity index is 1.64. The molecule has 1 aromatic heterocycles. The second-order valence-electron chi connectivity index (χ2n) is 5.78. The van der Waals surface area contributed by atoms with E-state index in [0.29, 0.717) is 0 Å². The highest BCUT2D eigenvalue weighted by Gasteiger charge is 2.42. The number of hydrogen-bond donors (Lipinski definition) is 1. The van der Waals surface area contributed by atoms with Crippen LogP contribution in [0.15, 0.2) is 18.5 Å². The molecule has 2 aliphatic rings. The number of thioether (sulfide) groups is 1. The van der Waals surface area contributed by atoms with Crippen molar-refractivity contribution in [1.82, 2.24) is 14.9 Å². The lowest BCUT2D eigenvalue weighted by molar-refractivity contribution is 0.105. The van der Waals surface area contributed by atoms with Crippen LogP contribution in [0.25, 0.3) is 0 Å². The fourth-order valence-corrected chi connectivity index (χ4v) is 4.72. The minimum atomic E-state index is 0.216. The van der Waals surface area contributed by atoms with Crippen molar-refractivity contribution in [3.8, 4) is 0 Å². The van der Waals surface area contributed by atoms with E-state index in [4.69, 9.17) is 5.73 Å². The molecule has 2 N–H and O–H groups in total. The standard InChI is InChI=1S/C14H23N5S/c1-12-9-14(10-15,11-20-12)19-7-5-18(6-8-19)13-16-3-2-4-17-13/h2-4,12H,5-11,15H2,1H3. The Kier molecular flexibility index (Phi) is 4.14. The van der Waals surface area contributed by atoms with Crippen LogP contribution in [-0.4, -0.2) is 64.1 Å². The highest BCUT2D eigenvalue weighted by Crippen LogP contribution is 2.38. The van der Waals surface area contributed by atoms with Gasteiger partial charge in [0, 0.05) is 61.7 Å².